The Kier molecular flexibility index (Phi) is 4.00. The van der Waals surface area contributed by atoms with Crippen LogP contribution >= 0.6 is 0 Å². The molecule has 1 aromatic carbocycles. The minimum absolute atomic E-state index is 0.0637. The summed E-state index contributed by atoms with van der Waals surface area (Å²) in [6.45, 7) is 4.66. The van der Waals surface area contributed by atoms with Gasteiger partial charge in [-0.1, -0.05) is 6.92 Å². The van der Waals surface area contributed by atoms with Gasteiger partial charge in [0, 0.05) is 23.7 Å². The molecule has 0 amide bonds. The van der Waals surface area contributed by atoms with Crippen LogP contribution in [0.5, 0.6) is 0 Å². The van der Waals surface area contributed by atoms with Crippen molar-refractivity contribution in [2.45, 2.75) is 32.9 Å². The summed E-state index contributed by atoms with van der Waals surface area (Å²) >= 11 is 0. The van der Waals surface area contributed by atoms with E-state index in [2.05, 4.69) is 5.32 Å². The Bertz CT molecular complexity index is 599. The van der Waals surface area contributed by atoms with E-state index in [1.165, 1.54) is 12.1 Å². The van der Waals surface area contributed by atoms with Crippen molar-refractivity contribution < 1.29 is 9.18 Å². The molecular weight excluding hydrogens is 243 g/mol. The number of Topliss-reactive ketones (excluding diaryl/α,β-unsaturated/α-hetero) is 1. The fraction of sp³-hybridized carbons (Fsp3) is 0.400. The van der Waals surface area contributed by atoms with Crippen LogP contribution in [-0.4, -0.2) is 23.4 Å². The summed E-state index contributed by atoms with van der Waals surface area (Å²) in [6, 6.07) is 4.38. The van der Waals surface area contributed by atoms with E-state index >= 15 is 0 Å². The molecule has 1 heterocycles. The van der Waals surface area contributed by atoms with Crippen LogP contribution in [0.15, 0.2) is 24.4 Å². The zero-order valence-corrected chi connectivity index (χ0v) is 11.5. The van der Waals surface area contributed by atoms with Gasteiger partial charge in [0.25, 0.3) is 0 Å². The van der Waals surface area contributed by atoms with Crippen LogP contribution in [0.4, 0.5) is 4.39 Å². The van der Waals surface area contributed by atoms with Crippen LogP contribution in [0.3, 0.4) is 0 Å². The number of likely N-dealkylation sites (N-methyl/N-ethyl adjacent to an activating group) is 1. The quantitative estimate of drug-likeness (QED) is 0.840. The van der Waals surface area contributed by atoms with Crippen LogP contribution < -0.4 is 5.32 Å². The second-order valence-electron chi connectivity index (χ2n) is 4.60. The van der Waals surface area contributed by atoms with Crippen LogP contribution in [0, 0.1) is 5.82 Å². The van der Waals surface area contributed by atoms with E-state index in [-0.39, 0.29) is 17.6 Å². The highest BCUT2D eigenvalue weighted by molar-refractivity contribution is 6.10. The Morgan fingerprint density at radius 1 is 1.42 bits per heavy atom. The maximum absolute atomic E-state index is 13.3. The molecule has 4 heteroatoms. The summed E-state index contributed by atoms with van der Waals surface area (Å²) in [5.41, 5.74) is 1.44. The number of aromatic nitrogens is 1. The number of nitrogens with zero attached hydrogens (tertiary/aromatic N) is 1. The van der Waals surface area contributed by atoms with Gasteiger partial charge in [-0.05, 0) is 38.6 Å². The topological polar surface area (TPSA) is 34.0 Å². The first kappa shape index (κ1) is 13.7. The molecule has 0 aliphatic rings. The van der Waals surface area contributed by atoms with Crippen molar-refractivity contribution in [1.29, 1.82) is 0 Å². The Morgan fingerprint density at radius 3 is 2.74 bits per heavy atom. The monoisotopic (exact) mass is 262 g/mol. The number of halogens is 1. The summed E-state index contributed by atoms with van der Waals surface area (Å²) in [5.74, 6) is -0.214. The first-order valence-corrected chi connectivity index (χ1v) is 6.62. The van der Waals surface area contributed by atoms with Gasteiger partial charge in [0.15, 0.2) is 5.78 Å². The van der Waals surface area contributed by atoms with Gasteiger partial charge in [0.05, 0.1) is 11.6 Å². The number of hydrogen-bond donors (Lipinski definition) is 1. The molecule has 2 aromatic rings. The Labute approximate surface area is 112 Å². The zero-order chi connectivity index (χ0) is 14.0. The van der Waals surface area contributed by atoms with Gasteiger partial charge in [-0.25, -0.2) is 4.39 Å². The maximum Gasteiger partial charge on any atom is 0.181 e. The van der Waals surface area contributed by atoms with E-state index in [4.69, 9.17) is 0 Å². The van der Waals surface area contributed by atoms with Crippen molar-refractivity contribution in [2.75, 3.05) is 7.05 Å². The Balaban J connectivity index is 2.58. The summed E-state index contributed by atoms with van der Waals surface area (Å²) in [6.07, 6.45) is 2.56. The molecule has 19 heavy (non-hydrogen) atoms. The molecule has 1 N–H and O–H groups in total. The summed E-state index contributed by atoms with van der Waals surface area (Å²) in [5, 5.41) is 3.84. The van der Waals surface area contributed by atoms with E-state index in [1.54, 1.807) is 13.1 Å². The van der Waals surface area contributed by atoms with Crippen molar-refractivity contribution in [3.63, 3.8) is 0 Å². The molecule has 102 valence electrons. The molecular formula is C15H19FN2O. The number of fused-ring (bicyclic) bond motifs is 1. The van der Waals surface area contributed by atoms with Crippen LogP contribution in [0.25, 0.3) is 10.9 Å². The molecule has 0 spiro atoms. The molecule has 1 unspecified atom stereocenters. The van der Waals surface area contributed by atoms with E-state index in [0.29, 0.717) is 12.1 Å². The number of carbonyl (C=O) groups is 1. The fourth-order valence-electron chi connectivity index (χ4n) is 2.43. The highest BCUT2D eigenvalue weighted by Crippen LogP contribution is 2.24. The molecule has 0 saturated carbocycles. The Morgan fingerprint density at radius 2 is 2.16 bits per heavy atom. The van der Waals surface area contributed by atoms with E-state index in [1.807, 2.05) is 24.6 Å². The molecule has 0 aliphatic heterocycles. The predicted octanol–water partition coefficient (Wildman–Crippen LogP) is 2.98. The smallest absolute Gasteiger partial charge is 0.181 e. The minimum atomic E-state index is -0.278. The van der Waals surface area contributed by atoms with Crippen molar-refractivity contribution in [2.24, 2.45) is 0 Å². The molecule has 0 saturated heterocycles. The summed E-state index contributed by atoms with van der Waals surface area (Å²) in [7, 11) is 1.78. The lowest BCUT2D eigenvalue weighted by Crippen LogP contribution is -2.33. The lowest BCUT2D eigenvalue weighted by Gasteiger charge is -2.11. The van der Waals surface area contributed by atoms with E-state index in [0.717, 1.165) is 17.3 Å². The molecule has 1 aromatic heterocycles. The predicted molar refractivity (Wildman–Crippen MR) is 75.0 cm³/mol. The highest BCUT2D eigenvalue weighted by Gasteiger charge is 2.21. The summed E-state index contributed by atoms with van der Waals surface area (Å²) in [4.78, 5) is 12.5. The van der Waals surface area contributed by atoms with Gasteiger partial charge >= 0.3 is 0 Å². The lowest BCUT2D eigenvalue weighted by atomic mass is 10.0. The highest BCUT2D eigenvalue weighted by atomic mass is 19.1. The molecule has 2 rings (SSSR count). The van der Waals surface area contributed by atoms with Gasteiger partial charge in [0.2, 0.25) is 0 Å². The molecule has 3 nitrogen and oxygen atoms in total. The third-order valence-corrected chi connectivity index (χ3v) is 3.52. The normalized spacial score (nSPS) is 12.8. The standard InChI is InChI=1S/C15H19FN2O/c1-4-13(17-3)15(19)12-9-18(5-2)14-8-10(16)6-7-11(12)14/h6-9,13,17H,4-5H2,1-3H3. The lowest BCUT2D eigenvalue weighted by molar-refractivity contribution is 0.0946. The minimum Gasteiger partial charge on any atom is -0.347 e. The SMILES string of the molecule is CCC(NC)C(=O)c1cn(CC)c2cc(F)ccc12. The first-order valence-electron chi connectivity index (χ1n) is 6.62. The molecule has 0 aliphatic carbocycles. The number of benzene rings is 1. The van der Waals surface area contributed by atoms with Crippen molar-refractivity contribution >= 4 is 16.7 Å². The summed E-state index contributed by atoms with van der Waals surface area (Å²) < 4.78 is 15.3. The molecule has 1 atom stereocenters. The largest absolute Gasteiger partial charge is 0.347 e. The fourth-order valence-corrected chi connectivity index (χ4v) is 2.43. The van der Waals surface area contributed by atoms with Gasteiger partial charge in [-0.2, -0.15) is 0 Å². The van der Waals surface area contributed by atoms with Gasteiger partial charge in [-0.15, -0.1) is 0 Å². The average molecular weight is 262 g/mol. The number of ketones is 1. The number of hydrogen-bond acceptors (Lipinski definition) is 2. The molecule has 0 bridgehead atoms. The third kappa shape index (κ3) is 2.40. The number of carbonyl (C=O) groups excluding carboxylic acids is 1. The van der Waals surface area contributed by atoms with Gasteiger partial charge in [0.1, 0.15) is 5.82 Å². The van der Waals surface area contributed by atoms with E-state index < -0.39 is 0 Å². The Hall–Kier alpha value is -1.68. The van der Waals surface area contributed by atoms with Crippen LogP contribution in [0.1, 0.15) is 30.6 Å². The number of nitrogens with one attached hydrogen (secondary N) is 1. The van der Waals surface area contributed by atoms with Crippen molar-refractivity contribution in [3.8, 4) is 0 Å². The number of aryl methyl sites for hydroxylation is 1. The van der Waals surface area contributed by atoms with Gasteiger partial charge < -0.3 is 9.88 Å². The second-order valence-corrected chi connectivity index (χ2v) is 4.60. The van der Waals surface area contributed by atoms with E-state index in [9.17, 15) is 9.18 Å². The zero-order valence-electron chi connectivity index (χ0n) is 11.5. The second kappa shape index (κ2) is 5.53. The van der Waals surface area contributed by atoms with Gasteiger partial charge in [-0.3, -0.25) is 4.79 Å². The third-order valence-electron chi connectivity index (χ3n) is 3.52. The number of rotatable bonds is 5. The van der Waals surface area contributed by atoms with Crippen LogP contribution in [-0.2, 0) is 6.54 Å². The average Bonchev–Trinajstić information content (AvgIpc) is 2.77. The molecule has 0 radical (unpaired) electrons. The first-order chi connectivity index (χ1) is 9.12. The maximum atomic E-state index is 13.3. The molecule has 0 fully saturated rings. The van der Waals surface area contributed by atoms with Crippen molar-refractivity contribution in [3.05, 3.63) is 35.8 Å². The van der Waals surface area contributed by atoms with Crippen LogP contribution in [0.2, 0.25) is 0 Å². The van der Waals surface area contributed by atoms with Crippen molar-refractivity contribution in [1.82, 2.24) is 9.88 Å².